The highest BCUT2D eigenvalue weighted by molar-refractivity contribution is 5.85. The fourth-order valence-electron chi connectivity index (χ4n) is 3.15. The molecule has 1 unspecified atom stereocenters. The molecular formula is C18H29ClN2O. The molecule has 0 saturated heterocycles. The molecule has 0 radical (unpaired) electrons. The van der Waals surface area contributed by atoms with Crippen LogP contribution in [0.25, 0.3) is 0 Å². The van der Waals surface area contributed by atoms with Gasteiger partial charge in [-0.3, -0.25) is 4.79 Å². The number of aryl methyl sites for hydroxylation is 1. The van der Waals surface area contributed by atoms with Crippen molar-refractivity contribution in [3.63, 3.8) is 0 Å². The molecule has 0 aromatic heterocycles. The molecule has 124 valence electrons. The van der Waals surface area contributed by atoms with Gasteiger partial charge in [0.15, 0.2) is 0 Å². The smallest absolute Gasteiger partial charge is 0.241 e. The second-order valence-corrected chi connectivity index (χ2v) is 6.75. The van der Waals surface area contributed by atoms with E-state index in [4.69, 9.17) is 5.73 Å². The molecule has 1 aromatic rings. The molecule has 1 aromatic carbocycles. The Kier molecular flexibility index (Phi) is 7.37. The molecule has 1 saturated carbocycles. The normalized spacial score (nSPS) is 22.8. The summed E-state index contributed by atoms with van der Waals surface area (Å²) in [6, 6.07) is 7.61. The van der Waals surface area contributed by atoms with E-state index in [1.54, 1.807) is 0 Å². The minimum atomic E-state index is -0.562. The third-order valence-electron chi connectivity index (χ3n) is 4.78. The summed E-state index contributed by atoms with van der Waals surface area (Å²) in [5, 5.41) is 3.13. The van der Waals surface area contributed by atoms with E-state index in [2.05, 4.69) is 19.2 Å². The van der Waals surface area contributed by atoms with Gasteiger partial charge in [0.2, 0.25) is 5.91 Å². The minimum absolute atomic E-state index is 0. The summed E-state index contributed by atoms with van der Waals surface area (Å²) < 4.78 is 0. The number of hydrogen-bond acceptors (Lipinski definition) is 2. The summed E-state index contributed by atoms with van der Waals surface area (Å²) in [5.74, 6) is 1.51. The van der Waals surface area contributed by atoms with E-state index in [1.807, 2.05) is 31.2 Å². The van der Waals surface area contributed by atoms with E-state index >= 15 is 0 Å². The molecular weight excluding hydrogens is 296 g/mol. The standard InChI is InChI=1S/C18H28N2O.ClH/c1-12(2)14-8-10-16(11-9-14)20-18(21)17(19)15-6-4-13(3)5-7-15;/h4-7,12,14,16-17H,8-11,19H2,1-3H3,(H,20,21);1H. The first kappa shape index (κ1) is 19.0. The fraction of sp³-hybridized carbons (Fsp3) is 0.611. The lowest BCUT2D eigenvalue weighted by Gasteiger charge is -2.31. The number of carbonyl (C=O) groups excluding carboxylic acids is 1. The van der Waals surface area contributed by atoms with Crippen LogP contribution in [0.3, 0.4) is 0 Å². The summed E-state index contributed by atoms with van der Waals surface area (Å²) in [7, 11) is 0. The van der Waals surface area contributed by atoms with Crippen LogP contribution < -0.4 is 11.1 Å². The van der Waals surface area contributed by atoms with Gasteiger partial charge < -0.3 is 11.1 Å². The molecule has 0 heterocycles. The van der Waals surface area contributed by atoms with Crippen LogP contribution >= 0.6 is 12.4 Å². The molecule has 1 fully saturated rings. The van der Waals surface area contributed by atoms with Gasteiger partial charge in [-0.25, -0.2) is 0 Å². The fourth-order valence-corrected chi connectivity index (χ4v) is 3.15. The van der Waals surface area contributed by atoms with Gasteiger partial charge in [-0.2, -0.15) is 0 Å². The zero-order chi connectivity index (χ0) is 15.4. The number of hydrogen-bond donors (Lipinski definition) is 2. The maximum absolute atomic E-state index is 12.3. The van der Waals surface area contributed by atoms with Gasteiger partial charge in [-0.1, -0.05) is 43.7 Å². The predicted octanol–water partition coefficient (Wildman–Crippen LogP) is 3.75. The van der Waals surface area contributed by atoms with Crippen molar-refractivity contribution in [1.82, 2.24) is 5.32 Å². The monoisotopic (exact) mass is 324 g/mol. The average Bonchev–Trinajstić information content (AvgIpc) is 2.47. The molecule has 0 bridgehead atoms. The Morgan fingerprint density at radius 3 is 2.18 bits per heavy atom. The molecule has 1 aliphatic carbocycles. The Hall–Kier alpha value is -1.06. The van der Waals surface area contributed by atoms with Gasteiger partial charge in [0.05, 0.1) is 0 Å². The number of rotatable bonds is 4. The molecule has 3 nitrogen and oxygen atoms in total. The van der Waals surface area contributed by atoms with Crippen LogP contribution in [-0.2, 0) is 4.79 Å². The average molecular weight is 325 g/mol. The highest BCUT2D eigenvalue weighted by atomic mass is 35.5. The van der Waals surface area contributed by atoms with Crippen molar-refractivity contribution in [3.05, 3.63) is 35.4 Å². The number of amides is 1. The summed E-state index contributed by atoms with van der Waals surface area (Å²) in [6.45, 7) is 6.61. The third-order valence-corrected chi connectivity index (χ3v) is 4.78. The van der Waals surface area contributed by atoms with E-state index < -0.39 is 6.04 Å². The molecule has 1 aliphatic rings. The van der Waals surface area contributed by atoms with Crippen molar-refractivity contribution >= 4 is 18.3 Å². The lowest BCUT2D eigenvalue weighted by atomic mass is 9.79. The van der Waals surface area contributed by atoms with E-state index in [1.165, 1.54) is 18.4 Å². The molecule has 2 rings (SSSR count). The van der Waals surface area contributed by atoms with E-state index in [0.717, 1.165) is 30.2 Å². The predicted molar refractivity (Wildman–Crippen MR) is 94.1 cm³/mol. The highest BCUT2D eigenvalue weighted by Crippen LogP contribution is 2.30. The zero-order valence-corrected chi connectivity index (χ0v) is 14.7. The highest BCUT2D eigenvalue weighted by Gasteiger charge is 2.26. The van der Waals surface area contributed by atoms with Gasteiger partial charge in [0, 0.05) is 6.04 Å². The first-order valence-corrected chi connectivity index (χ1v) is 8.10. The van der Waals surface area contributed by atoms with Crippen LogP contribution in [0.15, 0.2) is 24.3 Å². The van der Waals surface area contributed by atoms with Gasteiger partial charge in [0.25, 0.3) is 0 Å². The molecule has 1 atom stereocenters. The van der Waals surface area contributed by atoms with Gasteiger partial charge in [-0.05, 0) is 50.0 Å². The van der Waals surface area contributed by atoms with Crippen LogP contribution in [0.5, 0.6) is 0 Å². The topological polar surface area (TPSA) is 55.1 Å². The van der Waals surface area contributed by atoms with E-state index in [0.29, 0.717) is 6.04 Å². The maximum atomic E-state index is 12.3. The Bertz CT molecular complexity index is 464. The molecule has 0 spiro atoms. The van der Waals surface area contributed by atoms with Crippen molar-refractivity contribution in [3.8, 4) is 0 Å². The van der Waals surface area contributed by atoms with Gasteiger partial charge in [-0.15, -0.1) is 12.4 Å². The summed E-state index contributed by atoms with van der Waals surface area (Å²) in [4.78, 5) is 12.3. The number of carbonyl (C=O) groups is 1. The van der Waals surface area contributed by atoms with E-state index in [-0.39, 0.29) is 18.3 Å². The number of halogens is 1. The SMILES string of the molecule is Cc1ccc(C(N)C(=O)NC2CCC(C(C)C)CC2)cc1.Cl. The van der Waals surface area contributed by atoms with Gasteiger partial charge in [0.1, 0.15) is 6.04 Å². The van der Waals surface area contributed by atoms with Crippen molar-refractivity contribution in [2.45, 2.75) is 58.5 Å². The first-order chi connectivity index (χ1) is 9.97. The van der Waals surface area contributed by atoms with Crippen molar-refractivity contribution < 1.29 is 4.79 Å². The van der Waals surface area contributed by atoms with Crippen molar-refractivity contribution in [2.75, 3.05) is 0 Å². The second-order valence-electron chi connectivity index (χ2n) is 6.75. The largest absolute Gasteiger partial charge is 0.352 e. The van der Waals surface area contributed by atoms with Gasteiger partial charge >= 0.3 is 0 Å². The van der Waals surface area contributed by atoms with Crippen LogP contribution in [0.4, 0.5) is 0 Å². The third kappa shape index (κ3) is 4.99. The molecule has 1 amide bonds. The molecule has 3 N–H and O–H groups in total. The Morgan fingerprint density at radius 2 is 1.68 bits per heavy atom. The quantitative estimate of drug-likeness (QED) is 0.886. The van der Waals surface area contributed by atoms with E-state index in [9.17, 15) is 4.79 Å². The summed E-state index contributed by atoms with van der Waals surface area (Å²) in [5.41, 5.74) is 8.13. The first-order valence-electron chi connectivity index (χ1n) is 8.10. The lowest BCUT2D eigenvalue weighted by Crippen LogP contribution is -2.42. The summed E-state index contributed by atoms with van der Waals surface area (Å²) >= 11 is 0. The second kappa shape index (κ2) is 8.54. The Balaban J connectivity index is 0.00000242. The van der Waals surface area contributed by atoms with Crippen LogP contribution in [0.1, 0.15) is 56.7 Å². The summed E-state index contributed by atoms with van der Waals surface area (Å²) in [6.07, 6.45) is 4.58. The number of nitrogens with two attached hydrogens (primary N) is 1. The molecule has 0 aliphatic heterocycles. The van der Waals surface area contributed by atoms with Crippen molar-refractivity contribution in [1.29, 1.82) is 0 Å². The Morgan fingerprint density at radius 1 is 1.14 bits per heavy atom. The molecule has 4 heteroatoms. The maximum Gasteiger partial charge on any atom is 0.241 e. The zero-order valence-electron chi connectivity index (χ0n) is 13.8. The minimum Gasteiger partial charge on any atom is -0.352 e. The molecule has 22 heavy (non-hydrogen) atoms. The van der Waals surface area contributed by atoms with Crippen LogP contribution in [0.2, 0.25) is 0 Å². The number of nitrogens with one attached hydrogen (secondary N) is 1. The number of benzene rings is 1. The van der Waals surface area contributed by atoms with Crippen LogP contribution in [0, 0.1) is 18.8 Å². The van der Waals surface area contributed by atoms with Crippen LogP contribution in [-0.4, -0.2) is 11.9 Å². The van der Waals surface area contributed by atoms with Crippen molar-refractivity contribution in [2.24, 2.45) is 17.6 Å². The Labute approximate surface area is 140 Å². The lowest BCUT2D eigenvalue weighted by molar-refractivity contribution is -0.123.